The molecule has 3 rings (SSSR count). The quantitative estimate of drug-likeness (QED) is 0.786. The number of hydrogen-bond donors (Lipinski definition) is 1. The number of benzene rings is 1. The van der Waals surface area contributed by atoms with E-state index in [1.54, 1.807) is 18.2 Å². The fraction of sp³-hybridized carbons (Fsp3) is 0.0588. The summed E-state index contributed by atoms with van der Waals surface area (Å²) in [5.74, 6) is -0.958. The van der Waals surface area contributed by atoms with E-state index >= 15 is 0 Å². The highest BCUT2D eigenvalue weighted by Gasteiger charge is 2.13. The predicted molar refractivity (Wildman–Crippen MR) is 87.9 cm³/mol. The van der Waals surface area contributed by atoms with Gasteiger partial charge in [0.2, 0.25) is 0 Å². The first-order valence-corrected chi connectivity index (χ1v) is 7.41. The van der Waals surface area contributed by atoms with Gasteiger partial charge in [0.15, 0.2) is 5.76 Å². The highest BCUT2D eigenvalue weighted by atomic mass is 35.5. The van der Waals surface area contributed by atoms with Crippen LogP contribution < -0.4 is 10.9 Å². The summed E-state index contributed by atoms with van der Waals surface area (Å²) in [7, 11) is 0. The zero-order valence-electron chi connectivity index (χ0n) is 12.3. The third-order valence-electron chi connectivity index (χ3n) is 3.40. The largest absolute Gasteiger partial charge is 0.459 e. The van der Waals surface area contributed by atoms with Gasteiger partial charge in [0.1, 0.15) is 11.5 Å². The number of anilines is 1. The van der Waals surface area contributed by atoms with Gasteiger partial charge in [-0.15, -0.1) is 0 Å². The Morgan fingerprint density at radius 3 is 2.75 bits per heavy atom. The average molecular weight is 347 g/mol. The molecule has 0 aliphatic carbocycles. The van der Waals surface area contributed by atoms with Crippen LogP contribution in [0.25, 0.3) is 0 Å². The summed E-state index contributed by atoms with van der Waals surface area (Å²) in [5, 5.41) is 2.70. The second kappa shape index (κ2) is 6.72. The van der Waals surface area contributed by atoms with E-state index in [-0.39, 0.29) is 28.6 Å². The number of pyridine rings is 1. The van der Waals surface area contributed by atoms with Gasteiger partial charge in [0.05, 0.1) is 12.8 Å². The van der Waals surface area contributed by atoms with E-state index < -0.39 is 17.3 Å². The van der Waals surface area contributed by atoms with Crippen molar-refractivity contribution < 1.29 is 13.6 Å². The number of nitrogens with one attached hydrogen (secondary N) is 1. The van der Waals surface area contributed by atoms with Crippen molar-refractivity contribution in [1.82, 2.24) is 4.57 Å². The van der Waals surface area contributed by atoms with Gasteiger partial charge in [-0.3, -0.25) is 9.59 Å². The lowest BCUT2D eigenvalue weighted by Gasteiger charge is -2.10. The number of carbonyl (C=O) groups excluding carboxylic acids is 1. The molecule has 0 bridgehead atoms. The number of furan rings is 1. The first-order chi connectivity index (χ1) is 11.6. The molecule has 0 spiro atoms. The highest BCUT2D eigenvalue weighted by Crippen LogP contribution is 2.19. The summed E-state index contributed by atoms with van der Waals surface area (Å²) in [6, 6.07) is 10.4. The number of amides is 1. The zero-order valence-corrected chi connectivity index (χ0v) is 13.1. The monoisotopic (exact) mass is 346 g/mol. The van der Waals surface area contributed by atoms with Crippen molar-refractivity contribution in [2.75, 3.05) is 5.32 Å². The minimum absolute atomic E-state index is 0.0468. The molecule has 0 radical (unpaired) electrons. The second-order valence-corrected chi connectivity index (χ2v) is 5.39. The minimum Gasteiger partial charge on any atom is -0.459 e. The summed E-state index contributed by atoms with van der Waals surface area (Å²) in [5.41, 5.74) is -0.209. The lowest BCUT2D eigenvalue weighted by molar-refractivity contribution is 0.0996. The smallest absolute Gasteiger partial charge is 0.291 e. The standard InChI is InChI=1S/C17H12ClFN2O3/c18-12-4-1-5-13(19)11(12)10-21-8-2-6-14(17(21)23)20-16(22)15-7-3-9-24-15/h1-9H,10H2,(H,20,22). The molecule has 0 aliphatic rings. The van der Waals surface area contributed by atoms with Gasteiger partial charge in [-0.1, -0.05) is 17.7 Å². The summed E-state index contributed by atoms with van der Waals surface area (Å²) in [6.45, 7) is -0.0468. The van der Waals surface area contributed by atoms with Crippen molar-refractivity contribution >= 4 is 23.2 Å². The summed E-state index contributed by atoms with van der Waals surface area (Å²) in [4.78, 5) is 24.4. The van der Waals surface area contributed by atoms with Gasteiger partial charge < -0.3 is 14.3 Å². The van der Waals surface area contributed by atoms with Gasteiger partial charge in [-0.25, -0.2) is 4.39 Å². The molecule has 5 nitrogen and oxygen atoms in total. The van der Waals surface area contributed by atoms with E-state index in [1.165, 1.54) is 41.3 Å². The highest BCUT2D eigenvalue weighted by molar-refractivity contribution is 6.31. The Balaban J connectivity index is 1.89. The SMILES string of the molecule is O=C(Nc1cccn(Cc2c(F)cccc2Cl)c1=O)c1ccco1. The Kier molecular flexibility index (Phi) is 4.48. The van der Waals surface area contributed by atoms with Crippen molar-refractivity contribution in [1.29, 1.82) is 0 Å². The average Bonchev–Trinajstić information content (AvgIpc) is 3.09. The molecule has 2 heterocycles. The molecule has 0 atom stereocenters. The Labute approximate surface area is 141 Å². The van der Waals surface area contributed by atoms with Gasteiger partial charge in [0.25, 0.3) is 11.5 Å². The van der Waals surface area contributed by atoms with Crippen molar-refractivity contribution in [3.63, 3.8) is 0 Å². The van der Waals surface area contributed by atoms with E-state index in [0.29, 0.717) is 0 Å². The number of carbonyl (C=O) groups is 1. The van der Waals surface area contributed by atoms with Crippen LogP contribution in [0.3, 0.4) is 0 Å². The number of nitrogens with zero attached hydrogens (tertiary/aromatic N) is 1. The summed E-state index contributed by atoms with van der Waals surface area (Å²) >= 11 is 5.99. The maximum Gasteiger partial charge on any atom is 0.291 e. The molecular formula is C17H12ClFN2O3. The molecule has 0 fully saturated rings. The molecule has 0 aliphatic heterocycles. The van der Waals surface area contributed by atoms with E-state index in [1.807, 2.05) is 0 Å². The normalized spacial score (nSPS) is 10.6. The van der Waals surface area contributed by atoms with Crippen LogP contribution in [0.15, 0.2) is 64.1 Å². The first kappa shape index (κ1) is 16.0. The van der Waals surface area contributed by atoms with Crippen LogP contribution in [0.4, 0.5) is 10.1 Å². The third kappa shape index (κ3) is 3.23. The van der Waals surface area contributed by atoms with Gasteiger partial charge in [-0.2, -0.15) is 0 Å². The summed E-state index contributed by atoms with van der Waals surface area (Å²) in [6.07, 6.45) is 2.85. The van der Waals surface area contributed by atoms with Crippen LogP contribution in [0, 0.1) is 5.82 Å². The van der Waals surface area contributed by atoms with Crippen molar-refractivity contribution in [3.8, 4) is 0 Å². The van der Waals surface area contributed by atoms with Crippen molar-refractivity contribution in [2.45, 2.75) is 6.54 Å². The maximum absolute atomic E-state index is 13.9. The molecule has 2 aromatic heterocycles. The number of halogens is 2. The first-order valence-electron chi connectivity index (χ1n) is 7.03. The number of hydrogen-bond acceptors (Lipinski definition) is 3. The molecule has 0 unspecified atom stereocenters. The molecule has 3 aromatic rings. The minimum atomic E-state index is -0.543. The Hall–Kier alpha value is -2.86. The molecular weight excluding hydrogens is 335 g/mol. The second-order valence-electron chi connectivity index (χ2n) is 4.99. The number of rotatable bonds is 4. The van der Waals surface area contributed by atoms with Gasteiger partial charge in [0, 0.05) is 16.8 Å². The lowest BCUT2D eigenvalue weighted by atomic mass is 10.2. The van der Waals surface area contributed by atoms with Gasteiger partial charge in [-0.05, 0) is 36.4 Å². The van der Waals surface area contributed by atoms with E-state index in [0.717, 1.165) is 0 Å². The molecule has 24 heavy (non-hydrogen) atoms. The zero-order chi connectivity index (χ0) is 17.1. The molecule has 1 amide bonds. The van der Waals surface area contributed by atoms with Crippen LogP contribution in [-0.4, -0.2) is 10.5 Å². The van der Waals surface area contributed by atoms with Crippen molar-refractivity contribution in [2.24, 2.45) is 0 Å². The predicted octanol–water partition coefficient (Wildman–Crippen LogP) is 3.53. The van der Waals surface area contributed by atoms with Crippen LogP contribution in [0.5, 0.6) is 0 Å². The van der Waals surface area contributed by atoms with Gasteiger partial charge >= 0.3 is 0 Å². The third-order valence-corrected chi connectivity index (χ3v) is 3.76. The topological polar surface area (TPSA) is 64.2 Å². The van der Waals surface area contributed by atoms with E-state index in [2.05, 4.69) is 5.32 Å². The Bertz CT molecular complexity index is 915. The fourth-order valence-corrected chi connectivity index (χ4v) is 2.42. The molecule has 1 aromatic carbocycles. The van der Waals surface area contributed by atoms with Crippen LogP contribution >= 0.6 is 11.6 Å². The van der Waals surface area contributed by atoms with Crippen LogP contribution in [0.1, 0.15) is 16.1 Å². The van der Waals surface area contributed by atoms with E-state index in [9.17, 15) is 14.0 Å². The molecule has 0 saturated heterocycles. The maximum atomic E-state index is 13.9. The van der Waals surface area contributed by atoms with E-state index in [4.69, 9.17) is 16.0 Å². The van der Waals surface area contributed by atoms with Crippen molar-refractivity contribution in [3.05, 3.63) is 87.4 Å². The molecule has 1 N–H and O–H groups in total. The fourth-order valence-electron chi connectivity index (χ4n) is 2.20. The number of aromatic nitrogens is 1. The Morgan fingerprint density at radius 1 is 1.21 bits per heavy atom. The lowest BCUT2D eigenvalue weighted by Crippen LogP contribution is -2.26. The van der Waals surface area contributed by atoms with Crippen LogP contribution in [0.2, 0.25) is 5.02 Å². The molecule has 7 heteroatoms. The molecule has 0 saturated carbocycles. The summed E-state index contributed by atoms with van der Waals surface area (Å²) < 4.78 is 20.1. The Morgan fingerprint density at radius 2 is 2.04 bits per heavy atom. The van der Waals surface area contributed by atoms with Crippen LogP contribution in [-0.2, 0) is 6.54 Å². The molecule has 122 valence electrons.